The molecule has 1 heterocycles. The monoisotopic (exact) mass is 469 g/mol. The maximum atomic E-state index is 13.1. The molecule has 0 aromatic heterocycles. The fourth-order valence-corrected chi connectivity index (χ4v) is 3.95. The van der Waals surface area contributed by atoms with Crippen LogP contribution in [0.4, 0.5) is 0 Å². The Kier molecular flexibility index (Phi) is 8.17. The van der Waals surface area contributed by atoms with Crippen molar-refractivity contribution in [1.29, 1.82) is 0 Å². The number of carbonyl (C=O) groups excluding carboxylic acids is 2. The highest BCUT2D eigenvalue weighted by Crippen LogP contribution is 2.42. The molecular formula is C26H31NO7. The third-order valence-electron chi connectivity index (χ3n) is 5.37. The van der Waals surface area contributed by atoms with Crippen molar-refractivity contribution in [2.75, 3.05) is 26.9 Å². The van der Waals surface area contributed by atoms with E-state index in [9.17, 15) is 19.8 Å². The Morgan fingerprint density at radius 3 is 2.59 bits per heavy atom. The summed E-state index contributed by atoms with van der Waals surface area (Å²) in [4.78, 5) is 27.6. The predicted molar refractivity (Wildman–Crippen MR) is 127 cm³/mol. The van der Waals surface area contributed by atoms with Crippen LogP contribution in [0.5, 0.6) is 17.2 Å². The summed E-state index contributed by atoms with van der Waals surface area (Å²) in [5, 5.41) is 21.4. The first-order valence-corrected chi connectivity index (χ1v) is 11.3. The van der Waals surface area contributed by atoms with Crippen molar-refractivity contribution < 1.29 is 34.0 Å². The van der Waals surface area contributed by atoms with Gasteiger partial charge in [0.2, 0.25) is 0 Å². The van der Waals surface area contributed by atoms with Crippen LogP contribution in [0.2, 0.25) is 0 Å². The number of benzene rings is 2. The van der Waals surface area contributed by atoms with Crippen LogP contribution in [-0.2, 0) is 14.3 Å². The third-order valence-corrected chi connectivity index (χ3v) is 5.37. The molecule has 182 valence electrons. The van der Waals surface area contributed by atoms with Gasteiger partial charge < -0.3 is 29.3 Å². The van der Waals surface area contributed by atoms with Crippen molar-refractivity contribution in [3.05, 3.63) is 59.2 Å². The van der Waals surface area contributed by atoms with Gasteiger partial charge in [-0.15, -0.1) is 0 Å². The Balaban J connectivity index is 2.14. The second-order valence-electron chi connectivity index (χ2n) is 8.19. The van der Waals surface area contributed by atoms with Crippen LogP contribution in [0.3, 0.4) is 0 Å². The predicted octanol–water partition coefficient (Wildman–Crippen LogP) is 4.04. The number of aliphatic hydroxyl groups is 1. The number of ether oxygens (including phenoxy) is 3. The van der Waals surface area contributed by atoms with Crippen LogP contribution in [0, 0.1) is 0 Å². The number of rotatable bonds is 10. The number of likely N-dealkylation sites (tertiary alicyclic amines) is 1. The molecule has 2 aromatic rings. The Morgan fingerprint density at radius 2 is 1.91 bits per heavy atom. The van der Waals surface area contributed by atoms with E-state index in [4.69, 9.17) is 14.2 Å². The molecule has 1 saturated heterocycles. The van der Waals surface area contributed by atoms with E-state index in [1.807, 2.05) is 13.8 Å². The van der Waals surface area contributed by atoms with Crippen LogP contribution in [0.1, 0.15) is 44.4 Å². The largest absolute Gasteiger partial charge is 0.507 e. The fourth-order valence-electron chi connectivity index (χ4n) is 3.95. The number of amides is 1. The SMILES string of the molecule is CCOc1cc(C2/C(=C(/O)c3cccc(OC(C)C)c3)C(=O)C(=O)N2CCCOC)ccc1O. The average Bonchev–Trinajstić information content (AvgIpc) is 3.05. The topological polar surface area (TPSA) is 106 Å². The molecule has 8 heteroatoms. The van der Waals surface area contributed by atoms with Crippen molar-refractivity contribution in [3.8, 4) is 17.2 Å². The summed E-state index contributed by atoms with van der Waals surface area (Å²) in [7, 11) is 1.56. The van der Waals surface area contributed by atoms with Crippen LogP contribution >= 0.6 is 0 Å². The molecule has 1 atom stereocenters. The number of nitrogens with zero attached hydrogens (tertiary/aromatic N) is 1. The minimum atomic E-state index is -0.855. The summed E-state index contributed by atoms with van der Waals surface area (Å²) in [5.41, 5.74) is 0.869. The molecule has 8 nitrogen and oxygen atoms in total. The molecule has 3 rings (SSSR count). The fraction of sp³-hybridized carbons (Fsp3) is 0.385. The molecule has 1 amide bonds. The Labute approximate surface area is 199 Å². The van der Waals surface area contributed by atoms with Gasteiger partial charge in [0, 0.05) is 25.8 Å². The van der Waals surface area contributed by atoms with Crippen LogP contribution in [0.15, 0.2) is 48.0 Å². The molecule has 2 aromatic carbocycles. The average molecular weight is 470 g/mol. The molecule has 0 spiro atoms. The smallest absolute Gasteiger partial charge is 0.295 e. The number of aromatic hydroxyl groups is 1. The normalized spacial score (nSPS) is 17.4. The molecule has 1 fully saturated rings. The molecular weight excluding hydrogens is 438 g/mol. The molecule has 0 aliphatic carbocycles. The lowest BCUT2D eigenvalue weighted by Crippen LogP contribution is -2.31. The number of ketones is 1. The number of hydrogen-bond acceptors (Lipinski definition) is 7. The molecule has 34 heavy (non-hydrogen) atoms. The van der Waals surface area contributed by atoms with Gasteiger partial charge >= 0.3 is 0 Å². The summed E-state index contributed by atoms with van der Waals surface area (Å²) >= 11 is 0. The van der Waals surface area contributed by atoms with Crippen molar-refractivity contribution in [1.82, 2.24) is 4.90 Å². The van der Waals surface area contributed by atoms with Gasteiger partial charge in [0.15, 0.2) is 11.5 Å². The summed E-state index contributed by atoms with van der Waals surface area (Å²) in [6.07, 6.45) is 0.437. The van der Waals surface area contributed by atoms with Crippen LogP contribution < -0.4 is 9.47 Å². The lowest BCUT2D eigenvalue weighted by molar-refractivity contribution is -0.140. The maximum Gasteiger partial charge on any atom is 0.295 e. The zero-order valence-corrected chi connectivity index (χ0v) is 19.9. The van der Waals surface area contributed by atoms with Gasteiger partial charge in [0.1, 0.15) is 11.5 Å². The molecule has 0 bridgehead atoms. The standard InChI is InChI=1S/C26H31NO7/c1-5-33-21-15-17(10-11-20(21)28)23-22(25(30)26(31)27(23)12-7-13-32-4)24(29)18-8-6-9-19(14-18)34-16(2)3/h6,8-11,14-16,23,28-29H,5,7,12-13H2,1-4H3/b24-22-. The Bertz CT molecular complexity index is 1080. The number of Topliss-reactive ketones (excluding diaryl/α,β-unsaturated/α-hetero) is 1. The van der Waals surface area contributed by atoms with Crippen molar-refractivity contribution >= 4 is 17.4 Å². The first-order chi connectivity index (χ1) is 16.3. The van der Waals surface area contributed by atoms with Crippen molar-refractivity contribution in [2.24, 2.45) is 0 Å². The van der Waals surface area contributed by atoms with Gasteiger partial charge in [-0.3, -0.25) is 9.59 Å². The number of phenols is 1. The molecule has 1 unspecified atom stereocenters. The molecule has 0 saturated carbocycles. The lowest BCUT2D eigenvalue weighted by Gasteiger charge is -2.26. The summed E-state index contributed by atoms with van der Waals surface area (Å²) in [6, 6.07) is 10.6. The number of carbonyl (C=O) groups is 2. The maximum absolute atomic E-state index is 13.1. The van der Waals surface area contributed by atoms with E-state index in [0.717, 1.165) is 0 Å². The van der Waals surface area contributed by atoms with E-state index in [0.29, 0.717) is 36.5 Å². The third kappa shape index (κ3) is 5.34. The summed E-state index contributed by atoms with van der Waals surface area (Å²) in [6.45, 7) is 6.55. The Hall–Kier alpha value is -3.52. The highest BCUT2D eigenvalue weighted by atomic mass is 16.5. The molecule has 1 aliphatic heterocycles. The van der Waals surface area contributed by atoms with Crippen LogP contribution in [0.25, 0.3) is 5.76 Å². The summed E-state index contributed by atoms with van der Waals surface area (Å²) in [5.74, 6) is -1.06. The molecule has 2 N–H and O–H groups in total. The highest BCUT2D eigenvalue weighted by molar-refractivity contribution is 6.46. The quantitative estimate of drug-likeness (QED) is 0.234. The zero-order valence-electron chi connectivity index (χ0n) is 19.9. The van der Waals surface area contributed by atoms with E-state index in [-0.39, 0.29) is 35.5 Å². The van der Waals surface area contributed by atoms with Crippen LogP contribution in [-0.4, -0.2) is 59.8 Å². The number of hydrogen-bond donors (Lipinski definition) is 2. The van der Waals surface area contributed by atoms with Gasteiger partial charge in [-0.2, -0.15) is 0 Å². The highest BCUT2D eigenvalue weighted by Gasteiger charge is 2.46. The van der Waals surface area contributed by atoms with E-state index in [1.54, 1.807) is 50.4 Å². The molecule has 1 aliphatic rings. The second kappa shape index (κ2) is 11.1. The van der Waals surface area contributed by atoms with Gasteiger partial charge in [0.25, 0.3) is 11.7 Å². The van der Waals surface area contributed by atoms with Gasteiger partial charge in [-0.25, -0.2) is 0 Å². The lowest BCUT2D eigenvalue weighted by atomic mass is 9.95. The minimum Gasteiger partial charge on any atom is -0.507 e. The Morgan fingerprint density at radius 1 is 1.15 bits per heavy atom. The summed E-state index contributed by atoms with van der Waals surface area (Å²) < 4.78 is 16.3. The van der Waals surface area contributed by atoms with E-state index >= 15 is 0 Å². The first-order valence-electron chi connectivity index (χ1n) is 11.3. The van der Waals surface area contributed by atoms with E-state index in [2.05, 4.69) is 0 Å². The second-order valence-corrected chi connectivity index (χ2v) is 8.19. The van der Waals surface area contributed by atoms with Crippen molar-refractivity contribution in [3.63, 3.8) is 0 Å². The number of aliphatic hydroxyl groups excluding tert-OH is 1. The number of phenolic OH excluding ortho intramolecular Hbond substituents is 1. The van der Waals surface area contributed by atoms with Gasteiger partial charge in [-0.05, 0) is 57.0 Å². The molecule has 0 radical (unpaired) electrons. The van der Waals surface area contributed by atoms with E-state index < -0.39 is 17.7 Å². The number of methoxy groups -OCH3 is 1. The minimum absolute atomic E-state index is 0.0303. The van der Waals surface area contributed by atoms with Crippen molar-refractivity contribution in [2.45, 2.75) is 39.3 Å². The first kappa shape index (κ1) is 25.1. The van der Waals surface area contributed by atoms with E-state index in [1.165, 1.54) is 11.0 Å². The zero-order chi connectivity index (χ0) is 24.8. The van der Waals surface area contributed by atoms with Gasteiger partial charge in [-0.1, -0.05) is 18.2 Å². The van der Waals surface area contributed by atoms with Gasteiger partial charge in [0.05, 0.1) is 24.3 Å².